The third-order valence-electron chi connectivity index (χ3n) is 2.35. The van der Waals surface area contributed by atoms with Gasteiger partial charge in [0.15, 0.2) is 0 Å². The summed E-state index contributed by atoms with van der Waals surface area (Å²) in [5.41, 5.74) is 0. The van der Waals surface area contributed by atoms with Crippen molar-refractivity contribution in [2.45, 2.75) is 24.5 Å². The molecule has 0 aromatic heterocycles. The normalized spacial score (nSPS) is 13.8. The van der Waals surface area contributed by atoms with E-state index in [1.807, 2.05) is 0 Å². The van der Waals surface area contributed by atoms with Gasteiger partial charge >= 0.3 is 6.61 Å². The number of benzene rings is 1. The maximum Gasteiger partial charge on any atom is 0.387 e. The molecule has 0 spiro atoms. The van der Waals surface area contributed by atoms with Crippen LogP contribution in [0.3, 0.4) is 0 Å². The fourth-order valence-electron chi connectivity index (χ4n) is 1.48. The van der Waals surface area contributed by atoms with Gasteiger partial charge in [0.1, 0.15) is 5.75 Å². The van der Waals surface area contributed by atoms with E-state index in [-0.39, 0.29) is 22.2 Å². The number of hydrogen-bond acceptors (Lipinski definition) is 4. The molecule has 0 heterocycles. The summed E-state index contributed by atoms with van der Waals surface area (Å²) in [6.45, 7) is -1.71. The summed E-state index contributed by atoms with van der Waals surface area (Å²) >= 11 is 5.70. The van der Waals surface area contributed by atoms with Crippen molar-refractivity contribution in [3.8, 4) is 5.75 Å². The maximum absolute atomic E-state index is 12.1. The fourth-order valence-corrected chi connectivity index (χ4v) is 3.05. The number of nitrogens with zero attached hydrogens (tertiary/aromatic N) is 1. The minimum atomic E-state index is -3.86. The number of sulfonamides is 1. The summed E-state index contributed by atoms with van der Waals surface area (Å²) in [6.07, 6.45) is -0.841. The number of rotatable bonds is 6. The predicted octanol–water partition coefficient (Wildman–Crippen LogP) is 1.94. The lowest BCUT2D eigenvalue weighted by Gasteiger charge is -2.19. The Morgan fingerprint density at radius 3 is 2.50 bits per heavy atom. The molecule has 1 aromatic rings. The first-order valence-electron chi connectivity index (χ1n) is 5.53. The number of alkyl halides is 2. The van der Waals surface area contributed by atoms with E-state index >= 15 is 0 Å². The molecule has 9 heteroatoms. The number of likely N-dealkylation sites (N-methyl/N-ethyl adjacent to an activating group) is 1. The molecule has 0 aliphatic rings. The highest BCUT2D eigenvalue weighted by Crippen LogP contribution is 2.29. The lowest BCUT2D eigenvalue weighted by molar-refractivity contribution is -0.0498. The summed E-state index contributed by atoms with van der Waals surface area (Å²) in [5, 5.41) is 8.96. The second-order valence-electron chi connectivity index (χ2n) is 4.11. The van der Waals surface area contributed by atoms with E-state index in [1.54, 1.807) is 0 Å². The first kappa shape index (κ1) is 17.1. The summed E-state index contributed by atoms with van der Waals surface area (Å²) in [6, 6.07) is 3.18. The van der Waals surface area contributed by atoms with E-state index in [9.17, 15) is 22.3 Å². The van der Waals surface area contributed by atoms with Gasteiger partial charge in [-0.1, -0.05) is 11.6 Å². The van der Waals surface area contributed by atoms with Gasteiger partial charge in [-0.25, -0.2) is 8.42 Å². The molecule has 114 valence electrons. The zero-order valence-electron chi connectivity index (χ0n) is 10.8. The minimum absolute atomic E-state index is 0.102. The van der Waals surface area contributed by atoms with Crippen molar-refractivity contribution in [2.24, 2.45) is 0 Å². The quantitative estimate of drug-likeness (QED) is 0.866. The van der Waals surface area contributed by atoms with Crippen LogP contribution in [0, 0.1) is 0 Å². The largest absolute Gasteiger partial charge is 0.433 e. The molecule has 20 heavy (non-hydrogen) atoms. The SMILES string of the molecule is CC(O)CN(C)S(=O)(=O)c1ccc(OC(F)F)c(Cl)c1. The van der Waals surface area contributed by atoms with Crippen molar-refractivity contribution in [3.63, 3.8) is 0 Å². The molecule has 0 saturated carbocycles. The molecule has 0 amide bonds. The van der Waals surface area contributed by atoms with Crippen molar-refractivity contribution in [3.05, 3.63) is 23.2 Å². The molecule has 0 aliphatic carbocycles. The van der Waals surface area contributed by atoms with Crippen LogP contribution in [-0.2, 0) is 10.0 Å². The monoisotopic (exact) mass is 329 g/mol. The highest BCUT2D eigenvalue weighted by atomic mass is 35.5. The fraction of sp³-hybridized carbons (Fsp3) is 0.455. The highest BCUT2D eigenvalue weighted by molar-refractivity contribution is 7.89. The molecule has 1 unspecified atom stereocenters. The predicted molar refractivity (Wildman–Crippen MR) is 69.6 cm³/mol. The number of aliphatic hydroxyl groups is 1. The molecule has 0 bridgehead atoms. The van der Waals surface area contributed by atoms with Crippen LogP contribution in [0.1, 0.15) is 6.92 Å². The van der Waals surface area contributed by atoms with Gasteiger partial charge < -0.3 is 9.84 Å². The summed E-state index contributed by atoms with van der Waals surface area (Å²) in [5.74, 6) is -0.307. The molecule has 5 nitrogen and oxygen atoms in total. The molecule has 1 aromatic carbocycles. The van der Waals surface area contributed by atoms with Crippen molar-refractivity contribution in [2.75, 3.05) is 13.6 Å². The molecular formula is C11H14ClF2NO4S. The summed E-state index contributed by atoms with van der Waals surface area (Å²) in [7, 11) is -2.56. The third-order valence-corrected chi connectivity index (χ3v) is 4.46. The van der Waals surface area contributed by atoms with E-state index in [1.165, 1.54) is 14.0 Å². The molecule has 0 saturated heterocycles. The van der Waals surface area contributed by atoms with Gasteiger partial charge in [-0.15, -0.1) is 0 Å². The average molecular weight is 330 g/mol. The number of halogens is 3. The van der Waals surface area contributed by atoms with Gasteiger partial charge in [-0.05, 0) is 25.1 Å². The van der Waals surface area contributed by atoms with Crippen LogP contribution in [0.15, 0.2) is 23.1 Å². The molecule has 1 N–H and O–H groups in total. The zero-order valence-corrected chi connectivity index (χ0v) is 12.3. The van der Waals surface area contributed by atoms with Gasteiger partial charge in [0.25, 0.3) is 0 Å². The van der Waals surface area contributed by atoms with Gasteiger partial charge in [-0.2, -0.15) is 13.1 Å². The lowest BCUT2D eigenvalue weighted by Crippen LogP contribution is -2.33. The Morgan fingerprint density at radius 1 is 1.45 bits per heavy atom. The Labute approximate surface area is 120 Å². The van der Waals surface area contributed by atoms with Crippen LogP contribution in [0.5, 0.6) is 5.75 Å². The Morgan fingerprint density at radius 2 is 2.05 bits per heavy atom. The van der Waals surface area contributed by atoms with Crippen LogP contribution >= 0.6 is 11.6 Å². The van der Waals surface area contributed by atoms with Crippen molar-refractivity contribution < 1.29 is 27.0 Å². The number of hydrogen-bond donors (Lipinski definition) is 1. The van der Waals surface area contributed by atoms with Crippen LogP contribution in [0.4, 0.5) is 8.78 Å². The van der Waals surface area contributed by atoms with Crippen molar-refractivity contribution in [1.29, 1.82) is 0 Å². The summed E-state index contributed by atoms with van der Waals surface area (Å²) in [4.78, 5) is -0.174. The van der Waals surface area contributed by atoms with Crippen LogP contribution in [-0.4, -0.2) is 44.1 Å². The first-order chi connectivity index (χ1) is 9.14. The Hall–Kier alpha value is -0.960. The van der Waals surface area contributed by atoms with Crippen LogP contribution < -0.4 is 4.74 Å². The van der Waals surface area contributed by atoms with Gasteiger partial charge in [0.2, 0.25) is 10.0 Å². The second kappa shape index (κ2) is 6.66. The lowest BCUT2D eigenvalue weighted by atomic mass is 10.3. The molecular weight excluding hydrogens is 316 g/mol. The topological polar surface area (TPSA) is 66.8 Å². The second-order valence-corrected chi connectivity index (χ2v) is 6.56. The van der Waals surface area contributed by atoms with Gasteiger partial charge in [0.05, 0.1) is 16.0 Å². The molecule has 0 fully saturated rings. The average Bonchev–Trinajstić information content (AvgIpc) is 2.30. The van der Waals surface area contributed by atoms with E-state index in [0.717, 1.165) is 22.5 Å². The minimum Gasteiger partial charge on any atom is -0.433 e. The van der Waals surface area contributed by atoms with E-state index in [4.69, 9.17) is 11.6 Å². The van der Waals surface area contributed by atoms with Gasteiger partial charge in [-0.3, -0.25) is 0 Å². The number of aliphatic hydroxyl groups excluding tert-OH is 1. The Balaban J connectivity index is 3.05. The first-order valence-corrected chi connectivity index (χ1v) is 7.35. The van der Waals surface area contributed by atoms with Crippen LogP contribution in [0.2, 0.25) is 5.02 Å². The third kappa shape index (κ3) is 4.27. The van der Waals surface area contributed by atoms with Gasteiger partial charge in [0, 0.05) is 13.6 Å². The van der Waals surface area contributed by atoms with Crippen molar-refractivity contribution in [1.82, 2.24) is 4.31 Å². The molecule has 0 radical (unpaired) electrons. The van der Waals surface area contributed by atoms with E-state index in [2.05, 4.69) is 4.74 Å². The Kier molecular flexibility index (Phi) is 5.69. The summed E-state index contributed by atoms with van der Waals surface area (Å²) < 4.78 is 53.4. The molecule has 1 rings (SSSR count). The van der Waals surface area contributed by atoms with Crippen LogP contribution in [0.25, 0.3) is 0 Å². The van der Waals surface area contributed by atoms with E-state index < -0.39 is 22.7 Å². The highest BCUT2D eigenvalue weighted by Gasteiger charge is 2.23. The number of ether oxygens (including phenoxy) is 1. The Bertz CT molecular complexity index is 566. The smallest absolute Gasteiger partial charge is 0.387 e. The van der Waals surface area contributed by atoms with E-state index in [0.29, 0.717) is 0 Å². The molecule has 0 aliphatic heterocycles. The maximum atomic E-state index is 12.1. The molecule has 1 atom stereocenters. The standard InChI is InChI=1S/C11H14ClF2NO4S/c1-7(16)6-15(2)20(17,18)8-3-4-10(9(12)5-8)19-11(13)14/h3-5,7,11,16H,6H2,1-2H3. The van der Waals surface area contributed by atoms with Crippen molar-refractivity contribution >= 4 is 21.6 Å². The zero-order chi connectivity index (χ0) is 15.5.